The van der Waals surface area contributed by atoms with Crippen molar-refractivity contribution in [1.29, 1.82) is 0 Å². The molecule has 4 heteroatoms. The van der Waals surface area contributed by atoms with E-state index in [1.807, 2.05) is 18.7 Å². The number of hydrogen-bond acceptors (Lipinski definition) is 3. The third kappa shape index (κ3) is 3.34. The van der Waals surface area contributed by atoms with Gasteiger partial charge >= 0.3 is 0 Å². The van der Waals surface area contributed by atoms with Crippen LogP contribution in [0.4, 0.5) is 5.69 Å². The molecule has 0 fully saturated rings. The number of rotatable bonds is 6. The highest BCUT2D eigenvalue weighted by molar-refractivity contribution is 5.46. The predicted octanol–water partition coefficient (Wildman–Crippen LogP) is 1.87. The number of aromatic nitrogens is 2. The maximum absolute atomic E-state index is 5.59. The van der Waals surface area contributed by atoms with E-state index in [0.717, 1.165) is 19.5 Å². The second-order valence-electron chi connectivity index (χ2n) is 4.45. The summed E-state index contributed by atoms with van der Waals surface area (Å²) in [7, 11) is 2.12. The van der Waals surface area contributed by atoms with Crippen molar-refractivity contribution in [3.8, 4) is 0 Å². The number of anilines is 1. The van der Waals surface area contributed by atoms with Crippen LogP contribution >= 0.6 is 0 Å². The van der Waals surface area contributed by atoms with Gasteiger partial charge in [-0.1, -0.05) is 12.1 Å². The largest absolute Gasteiger partial charge is 0.375 e. The second kappa shape index (κ2) is 6.21. The van der Waals surface area contributed by atoms with Crippen molar-refractivity contribution in [2.75, 3.05) is 18.5 Å². The zero-order valence-corrected chi connectivity index (χ0v) is 10.8. The van der Waals surface area contributed by atoms with E-state index in [-0.39, 0.29) is 0 Å². The minimum absolute atomic E-state index is 0.602. The maximum Gasteiger partial charge on any atom is 0.0945 e. The summed E-state index contributed by atoms with van der Waals surface area (Å²) in [5.41, 5.74) is 7.99. The highest BCUT2D eigenvalue weighted by Gasteiger charge is 2.00. The Morgan fingerprint density at radius 2 is 2.06 bits per heavy atom. The number of hydrogen-bond donors (Lipinski definition) is 1. The average molecular weight is 244 g/mol. The van der Waals surface area contributed by atoms with E-state index in [1.165, 1.54) is 11.3 Å². The molecule has 1 aromatic heterocycles. The zero-order chi connectivity index (χ0) is 12.8. The molecule has 1 aromatic carbocycles. The Balaban J connectivity index is 1.81. The van der Waals surface area contributed by atoms with Crippen LogP contribution in [0.2, 0.25) is 0 Å². The van der Waals surface area contributed by atoms with Gasteiger partial charge in [0.25, 0.3) is 0 Å². The number of nitrogens with zero attached hydrogens (tertiary/aromatic N) is 3. The van der Waals surface area contributed by atoms with Crippen LogP contribution in [0, 0.1) is 0 Å². The fourth-order valence-corrected chi connectivity index (χ4v) is 1.93. The lowest BCUT2D eigenvalue weighted by molar-refractivity contribution is 0.637. The first kappa shape index (κ1) is 12.6. The molecular weight excluding hydrogens is 224 g/mol. The summed E-state index contributed by atoms with van der Waals surface area (Å²) in [4.78, 5) is 6.30. The van der Waals surface area contributed by atoms with E-state index < -0.39 is 0 Å². The van der Waals surface area contributed by atoms with Gasteiger partial charge in [-0.3, -0.25) is 0 Å². The zero-order valence-electron chi connectivity index (χ0n) is 10.8. The van der Waals surface area contributed by atoms with Gasteiger partial charge in [0, 0.05) is 44.8 Å². The van der Waals surface area contributed by atoms with Gasteiger partial charge in [0.15, 0.2) is 0 Å². The predicted molar refractivity (Wildman–Crippen MR) is 74.4 cm³/mol. The van der Waals surface area contributed by atoms with Gasteiger partial charge < -0.3 is 15.2 Å². The molecule has 0 atom stereocenters. The van der Waals surface area contributed by atoms with Crippen molar-refractivity contribution in [2.45, 2.75) is 19.5 Å². The van der Waals surface area contributed by atoms with E-state index >= 15 is 0 Å². The summed E-state index contributed by atoms with van der Waals surface area (Å²) in [5.74, 6) is 0. The van der Waals surface area contributed by atoms with E-state index in [2.05, 4.69) is 45.8 Å². The van der Waals surface area contributed by atoms with Gasteiger partial charge in [0.05, 0.1) is 6.33 Å². The van der Waals surface area contributed by atoms with Gasteiger partial charge in [-0.2, -0.15) is 0 Å². The molecule has 0 radical (unpaired) electrons. The summed E-state index contributed by atoms with van der Waals surface area (Å²) >= 11 is 0. The molecule has 0 unspecified atom stereocenters. The smallest absolute Gasteiger partial charge is 0.0945 e. The molecule has 0 spiro atoms. The Hall–Kier alpha value is -1.81. The highest BCUT2D eigenvalue weighted by Crippen LogP contribution is 2.13. The van der Waals surface area contributed by atoms with Crippen molar-refractivity contribution in [2.24, 2.45) is 5.73 Å². The van der Waals surface area contributed by atoms with Crippen LogP contribution in [0.15, 0.2) is 43.0 Å². The topological polar surface area (TPSA) is 47.1 Å². The van der Waals surface area contributed by atoms with Crippen LogP contribution in [0.25, 0.3) is 0 Å². The monoisotopic (exact) mass is 244 g/mol. The molecule has 0 aliphatic rings. The van der Waals surface area contributed by atoms with E-state index in [0.29, 0.717) is 6.54 Å². The molecule has 0 saturated carbocycles. The van der Waals surface area contributed by atoms with Crippen LogP contribution in [-0.4, -0.2) is 23.1 Å². The molecule has 18 heavy (non-hydrogen) atoms. The molecule has 0 aliphatic carbocycles. The number of imidazole rings is 1. The fourth-order valence-electron chi connectivity index (χ4n) is 1.93. The van der Waals surface area contributed by atoms with Gasteiger partial charge in [0.2, 0.25) is 0 Å². The first-order chi connectivity index (χ1) is 8.79. The minimum Gasteiger partial charge on any atom is -0.375 e. The number of nitrogens with two attached hydrogens (primary N) is 1. The first-order valence-electron chi connectivity index (χ1n) is 6.25. The first-order valence-corrected chi connectivity index (χ1v) is 6.25. The third-order valence-corrected chi connectivity index (χ3v) is 3.08. The second-order valence-corrected chi connectivity index (χ2v) is 4.45. The SMILES string of the molecule is CN(CCCn1ccnc1)c1ccc(CN)cc1. The van der Waals surface area contributed by atoms with Crippen LogP contribution in [0.1, 0.15) is 12.0 Å². The van der Waals surface area contributed by atoms with E-state index in [1.54, 1.807) is 0 Å². The molecule has 0 amide bonds. The molecule has 1 heterocycles. The Morgan fingerprint density at radius 1 is 1.28 bits per heavy atom. The van der Waals surface area contributed by atoms with Crippen molar-refractivity contribution in [3.63, 3.8) is 0 Å². The number of aryl methyl sites for hydroxylation is 1. The molecule has 2 rings (SSSR count). The Labute approximate surface area is 108 Å². The van der Waals surface area contributed by atoms with Gasteiger partial charge in [-0.05, 0) is 24.1 Å². The molecule has 0 aliphatic heterocycles. The molecule has 0 saturated heterocycles. The van der Waals surface area contributed by atoms with Crippen molar-refractivity contribution in [1.82, 2.24) is 9.55 Å². The molecular formula is C14H20N4. The Morgan fingerprint density at radius 3 is 2.67 bits per heavy atom. The summed E-state index contributed by atoms with van der Waals surface area (Å²) in [5, 5.41) is 0. The van der Waals surface area contributed by atoms with Gasteiger partial charge in [-0.15, -0.1) is 0 Å². The Kier molecular flexibility index (Phi) is 4.36. The van der Waals surface area contributed by atoms with Gasteiger partial charge in [0.1, 0.15) is 0 Å². The summed E-state index contributed by atoms with van der Waals surface area (Å²) in [6, 6.07) is 8.42. The lowest BCUT2D eigenvalue weighted by Crippen LogP contribution is -2.19. The standard InChI is InChI=1S/C14H20N4/c1-17(8-2-9-18-10-7-16-12-18)14-5-3-13(11-15)4-6-14/h3-7,10,12H,2,8-9,11,15H2,1H3. The highest BCUT2D eigenvalue weighted by atomic mass is 15.1. The van der Waals surface area contributed by atoms with Gasteiger partial charge in [-0.25, -0.2) is 4.98 Å². The quantitative estimate of drug-likeness (QED) is 0.844. The number of benzene rings is 1. The minimum atomic E-state index is 0.602. The van der Waals surface area contributed by atoms with Crippen molar-refractivity contribution < 1.29 is 0 Å². The van der Waals surface area contributed by atoms with Crippen molar-refractivity contribution >= 4 is 5.69 Å². The van der Waals surface area contributed by atoms with Crippen LogP contribution in [0.5, 0.6) is 0 Å². The third-order valence-electron chi connectivity index (χ3n) is 3.08. The van der Waals surface area contributed by atoms with Crippen LogP contribution < -0.4 is 10.6 Å². The Bertz CT molecular complexity index is 447. The van der Waals surface area contributed by atoms with Crippen molar-refractivity contribution in [3.05, 3.63) is 48.5 Å². The van der Waals surface area contributed by atoms with Crippen LogP contribution in [-0.2, 0) is 13.1 Å². The normalized spacial score (nSPS) is 10.6. The molecule has 0 bridgehead atoms. The van der Waals surface area contributed by atoms with E-state index in [9.17, 15) is 0 Å². The molecule has 2 N–H and O–H groups in total. The maximum atomic E-state index is 5.59. The lowest BCUT2D eigenvalue weighted by Gasteiger charge is -2.19. The average Bonchev–Trinajstić information content (AvgIpc) is 2.92. The van der Waals surface area contributed by atoms with Crippen LogP contribution in [0.3, 0.4) is 0 Å². The summed E-state index contributed by atoms with van der Waals surface area (Å²) in [6.07, 6.45) is 6.77. The molecule has 2 aromatic rings. The summed E-state index contributed by atoms with van der Waals surface area (Å²) < 4.78 is 2.10. The molecule has 4 nitrogen and oxygen atoms in total. The lowest BCUT2D eigenvalue weighted by atomic mass is 10.2. The summed E-state index contributed by atoms with van der Waals surface area (Å²) in [6.45, 7) is 2.63. The molecule has 96 valence electrons. The fraction of sp³-hybridized carbons (Fsp3) is 0.357. The van der Waals surface area contributed by atoms with E-state index in [4.69, 9.17) is 5.73 Å².